The fourth-order valence-corrected chi connectivity index (χ4v) is 2.81. The molecule has 1 fully saturated rings. The number of benzene rings is 1. The van der Waals surface area contributed by atoms with Crippen LogP contribution in [0.4, 0.5) is 11.4 Å². The Morgan fingerprint density at radius 1 is 1.47 bits per heavy atom. The van der Waals surface area contributed by atoms with E-state index in [4.69, 9.17) is 10.5 Å². The van der Waals surface area contributed by atoms with Crippen molar-refractivity contribution in [1.82, 2.24) is 0 Å². The first-order chi connectivity index (χ1) is 8.97. The van der Waals surface area contributed by atoms with E-state index in [1.165, 1.54) is 12.3 Å². The molecule has 0 radical (unpaired) electrons. The highest BCUT2D eigenvalue weighted by Gasteiger charge is 2.14. The Labute approximate surface area is 114 Å². The highest BCUT2D eigenvalue weighted by atomic mass is 32.2. The van der Waals surface area contributed by atoms with Gasteiger partial charge in [-0.3, -0.25) is 0 Å². The van der Waals surface area contributed by atoms with Crippen LogP contribution in [0.5, 0.6) is 0 Å². The topological polar surface area (TPSA) is 81.4 Å². The average Bonchev–Trinajstić information content (AvgIpc) is 2.37. The second kappa shape index (κ2) is 5.79. The number of hydrogen-bond donors (Lipinski definition) is 2. The van der Waals surface area contributed by atoms with Gasteiger partial charge in [0, 0.05) is 19.4 Å². The molecule has 3 N–H and O–H groups in total. The Morgan fingerprint density at radius 3 is 2.84 bits per heavy atom. The fraction of sp³-hybridized carbons (Fsp3) is 0.538. The van der Waals surface area contributed by atoms with Crippen molar-refractivity contribution in [3.63, 3.8) is 0 Å². The smallest absolute Gasteiger partial charge is 0.175 e. The summed E-state index contributed by atoms with van der Waals surface area (Å²) < 4.78 is 28.2. The summed E-state index contributed by atoms with van der Waals surface area (Å²) in [5.74, 6) is 0.489. The number of anilines is 2. The molecule has 1 heterocycles. The first-order valence-electron chi connectivity index (χ1n) is 6.38. The summed E-state index contributed by atoms with van der Waals surface area (Å²) in [5, 5.41) is 3.26. The van der Waals surface area contributed by atoms with E-state index in [9.17, 15) is 8.42 Å². The van der Waals surface area contributed by atoms with Gasteiger partial charge in [0.1, 0.15) is 0 Å². The van der Waals surface area contributed by atoms with Crippen molar-refractivity contribution in [3.8, 4) is 0 Å². The zero-order valence-electron chi connectivity index (χ0n) is 11.1. The maximum absolute atomic E-state index is 11.4. The van der Waals surface area contributed by atoms with Crippen molar-refractivity contribution in [1.29, 1.82) is 0 Å². The highest BCUT2D eigenvalue weighted by molar-refractivity contribution is 7.90. The van der Waals surface area contributed by atoms with E-state index < -0.39 is 9.84 Å². The molecule has 1 aliphatic heterocycles. The molecule has 106 valence electrons. The third kappa shape index (κ3) is 3.84. The molecule has 5 nitrogen and oxygen atoms in total. The number of nitrogen functional groups attached to an aromatic ring is 1. The molecule has 0 bridgehead atoms. The van der Waals surface area contributed by atoms with Gasteiger partial charge in [-0.25, -0.2) is 8.42 Å². The highest BCUT2D eigenvalue weighted by Crippen LogP contribution is 2.23. The molecule has 19 heavy (non-hydrogen) atoms. The second-order valence-corrected chi connectivity index (χ2v) is 7.00. The van der Waals surface area contributed by atoms with Crippen LogP contribution in [-0.2, 0) is 14.6 Å². The van der Waals surface area contributed by atoms with Crippen molar-refractivity contribution in [3.05, 3.63) is 18.2 Å². The lowest BCUT2D eigenvalue weighted by molar-refractivity contribution is 0.0595. The minimum Gasteiger partial charge on any atom is -0.397 e. The van der Waals surface area contributed by atoms with E-state index in [0.29, 0.717) is 11.6 Å². The lowest BCUT2D eigenvalue weighted by Gasteiger charge is -2.23. The van der Waals surface area contributed by atoms with E-state index in [-0.39, 0.29) is 4.90 Å². The predicted octanol–water partition coefficient (Wildman–Crippen LogP) is 1.51. The van der Waals surface area contributed by atoms with E-state index in [2.05, 4.69) is 5.32 Å². The Bertz CT molecular complexity index is 537. The van der Waals surface area contributed by atoms with Gasteiger partial charge in [-0.15, -0.1) is 0 Å². The van der Waals surface area contributed by atoms with Crippen LogP contribution in [0.15, 0.2) is 23.1 Å². The molecule has 0 spiro atoms. The average molecular weight is 284 g/mol. The lowest BCUT2D eigenvalue weighted by atomic mass is 10.0. The van der Waals surface area contributed by atoms with Gasteiger partial charge in [-0.05, 0) is 37.0 Å². The van der Waals surface area contributed by atoms with Gasteiger partial charge in [-0.1, -0.05) is 0 Å². The molecule has 2 rings (SSSR count). The van der Waals surface area contributed by atoms with Crippen LogP contribution in [-0.4, -0.2) is 34.4 Å². The maximum Gasteiger partial charge on any atom is 0.175 e. The van der Waals surface area contributed by atoms with Crippen molar-refractivity contribution in [2.45, 2.75) is 17.7 Å². The minimum atomic E-state index is -3.21. The molecule has 1 atom stereocenters. The van der Waals surface area contributed by atoms with Crippen LogP contribution in [0.1, 0.15) is 12.8 Å². The summed E-state index contributed by atoms with van der Waals surface area (Å²) >= 11 is 0. The number of ether oxygens (including phenoxy) is 1. The predicted molar refractivity (Wildman–Crippen MR) is 76.0 cm³/mol. The summed E-state index contributed by atoms with van der Waals surface area (Å²) in [5.41, 5.74) is 7.11. The maximum atomic E-state index is 11.4. The molecular formula is C13H20N2O3S. The summed E-state index contributed by atoms with van der Waals surface area (Å²) in [6, 6.07) is 4.79. The molecule has 0 aliphatic carbocycles. The van der Waals surface area contributed by atoms with Crippen LogP contribution >= 0.6 is 0 Å². The zero-order valence-corrected chi connectivity index (χ0v) is 11.9. The lowest BCUT2D eigenvalue weighted by Crippen LogP contribution is -2.24. The molecule has 1 aromatic carbocycles. The number of nitrogens with two attached hydrogens (primary N) is 1. The number of nitrogens with one attached hydrogen (secondary N) is 1. The van der Waals surface area contributed by atoms with Crippen molar-refractivity contribution >= 4 is 21.2 Å². The number of hydrogen-bond acceptors (Lipinski definition) is 5. The fourth-order valence-electron chi connectivity index (χ4n) is 2.16. The summed E-state index contributed by atoms with van der Waals surface area (Å²) in [4.78, 5) is 0.247. The van der Waals surface area contributed by atoms with E-state index in [1.807, 2.05) is 0 Å². The van der Waals surface area contributed by atoms with Crippen molar-refractivity contribution < 1.29 is 13.2 Å². The molecule has 0 aromatic heterocycles. The Balaban J connectivity index is 2.01. The van der Waals surface area contributed by atoms with Crippen LogP contribution in [0, 0.1) is 5.92 Å². The number of sulfone groups is 1. The van der Waals surface area contributed by atoms with Crippen molar-refractivity contribution in [2.24, 2.45) is 5.92 Å². The summed E-state index contributed by atoms with van der Waals surface area (Å²) in [6.45, 7) is 2.42. The van der Waals surface area contributed by atoms with Crippen LogP contribution in [0.2, 0.25) is 0 Å². The summed E-state index contributed by atoms with van der Waals surface area (Å²) in [7, 11) is -3.21. The Kier molecular flexibility index (Phi) is 4.31. The zero-order chi connectivity index (χ0) is 13.9. The van der Waals surface area contributed by atoms with Gasteiger partial charge in [0.25, 0.3) is 0 Å². The van der Waals surface area contributed by atoms with Crippen LogP contribution < -0.4 is 11.1 Å². The SMILES string of the molecule is CS(=O)(=O)c1ccc(NCC2CCCOC2)c(N)c1. The molecular weight excluding hydrogens is 264 g/mol. The Hall–Kier alpha value is -1.27. The molecule has 1 unspecified atom stereocenters. The van der Waals surface area contributed by atoms with E-state index in [0.717, 1.165) is 38.3 Å². The Morgan fingerprint density at radius 2 is 2.26 bits per heavy atom. The molecule has 1 aliphatic rings. The molecule has 0 amide bonds. The van der Waals surface area contributed by atoms with Crippen molar-refractivity contribution in [2.75, 3.05) is 37.1 Å². The second-order valence-electron chi connectivity index (χ2n) is 4.99. The van der Waals surface area contributed by atoms with E-state index >= 15 is 0 Å². The van der Waals surface area contributed by atoms with Crippen LogP contribution in [0.3, 0.4) is 0 Å². The largest absolute Gasteiger partial charge is 0.397 e. The van der Waals surface area contributed by atoms with Crippen LogP contribution in [0.25, 0.3) is 0 Å². The van der Waals surface area contributed by atoms with Gasteiger partial charge >= 0.3 is 0 Å². The summed E-state index contributed by atoms with van der Waals surface area (Å²) in [6.07, 6.45) is 3.41. The van der Waals surface area contributed by atoms with E-state index in [1.54, 1.807) is 12.1 Å². The molecule has 0 saturated carbocycles. The monoisotopic (exact) mass is 284 g/mol. The third-order valence-electron chi connectivity index (χ3n) is 3.29. The minimum absolute atomic E-state index is 0.247. The molecule has 1 aromatic rings. The normalized spacial score (nSPS) is 20.2. The third-order valence-corrected chi connectivity index (χ3v) is 4.40. The first-order valence-corrected chi connectivity index (χ1v) is 8.27. The van der Waals surface area contributed by atoms with Gasteiger partial charge in [0.2, 0.25) is 0 Å². The quantitative estimate of drug-likeness (QED) is 0.819. The van der Waals surface area contributed by atoms with Gasteiger partial charge in [0.05, 0.1) is 22.9 Å². The van der Waals surface area contributed by atoms with Gasteiger partial charge < -0.3 is 15.8 Å². The van der Waals surface area contributed by atoms with Gasteiger partial charge in [-0.2, -0.15) is 0 Å². The van der Waals surface area contributed by atoms with Gasteiger partial charge in [0.15, 0.2) is 9.84 Å². The molecule has 6 heteroatoms. The number of rotatable bonds is 4. The standard InChI is InChI=1S/C13H20N2O3S/c1-19(16,17)11-4-5-13(12(14)7-11)15-8-10-3-2-6-18-9-10/h4-5,7,10,15H,2-3,6,8-9,14H2,1H3. The first kappa shape index (κ1) is 14.1. The molecule has 1 saturated heterocycles.